The number of carbonyl (C=O) groups is 1. The number of aryl methyl sites for hydroxylation is 1. The number of amides is 1. The van der Waals surface area contributed by atoms with Crippen LogP contribution in [0.25, 0.3) is 11.4 Å². The quantitative estimate of drug-likeness (QED) is 0.653. The first-order valence-corrected chi connectivity index (χ1v) is 9.28. The molecule has 0 unspecified atom stereocenters. The molecule has 3 aromatic rings. The molecule has 3 aromatic heterocycles. The van der Waals surface area contributed by atoms with Gasteiger partial charge in [-0.05, 0) is 30.9 Å². The van der Waals surface area contributed by atoms with Crippen LogP contribution in [0.15, 0.2) is 39.7 Å². The van der Waals surface area contributed by atoms with Crippen LogP contribution in [-0.2, 0) is 17.8 Å². The third kappa shape index (κ3) is 5.13. The van der Waals surface area contributed by atoms with E-state index in [1.165, 1.54) is 0 Å². The molecule has 3 rings (SSSR count). The van der Waals surface area contributed by atoms with Gasteiger partial charge in [0.25, 0.3) is 0 Å². The minimum Gasteiger partial charge on any atom is -0.475 e. The Labute approximate surface area is 155 Å². The average molecular weight is 372 g/mol. The Balaban J connectivity index is 1.43. The van der Waals surface area contributed by atoms with Gasteiger partial charge in [-0.1, -0.05) is 11.2 Å². The number of thiophene rings is 1. The van der Waals surface area contributed by atoms with Gasteiger partial charge in [0.2, 0.25) is 23.5 Å². The smallest absolute Gasteiger partial charge is 0.227 e. The lowest BCUT2D eigenvalue weighted by Crippen LogP contribution is -2.23. The summed E-state index contributed by atoms with van der Waals surface area (Å²) in [6, 6.07) is 5.61. The number of nitrogens with one attached hydrogen (secondary N) is 1. The molecule has 0 saturated carbocycles. The maximum Gasteiger partial charge on any atom is 0.227 e. The molecule has 0 saturated heterocycles. The fourth-order valence-corrected chi connectivity index (χ4v) is 2.84. The van der Waals surface area contributed by atoms with Gasteiger partial charge < -0.3 is 14.6 Å². The van der Waals surface area contributed by atoms with E-state index in [2.05, 4.69) is 20.4 Å². The van der Waals surface area contributed by atoms with Gasteiger partial charge in [-0.2, -0.15) is 16.3 Å². The Morgan fingerprint density at radius 2 is 2.23 bits per heavy atom. The Kier molecular flexibility index (Phi) is 5.96. The van der Waals surface area contributed by atoms with Crippen LogP contribution in [0, 0.1) is 0 Å². The molecular formula is C18H20N4O3S. The largest absolute Gasteiger partial charge is 0.475 e. The number of nitrogens with zero attached hydrogens (tertiary/aromatic N) is 3. The highest BCUT2D eigenvalue weighted by Gasteiger charge is 2.11. The van der Waals surface area contributed by atoms with Gasteiger partial charge in [0, 0.05) is 42.6 Å². The van der Waals surface area contributed by atoms with E-state index < -0.39 is 0 Å². The van der Waals surface area contributed by atoms with E-state index >= 15 is 0 Å². The SMILES string of the molecule is CC(C)Oc1ccc(CNC(=O)CCc2nc(-c3ccsc3)no2)cn1. The molecule has 136 valence electrons. The van der Waals surface area contributed by atoms with Crippen LogP contribution in [0.1, 0.15) is 31.7 Å². The molecule has 0 aliphatic rings. The Morgan fingerprint density at radius 1 is 1.35 bits per heavy atom. The zero-order valence-corrected chi connectivity index (χ0v) is 15.5. The van der Waals surface area contributed by atoms with Crippen molar-refractivity contribution < 1.29 is 14.1 Å². The van der Waals surface area contributed by atoms with Crippen LogP contribution in [-0.4, -0.2) is 27.1 Å². The topological polar surface area (TPSA) is 90.1 Å². The van der Waals surface area contributed by atoms with Gasteiger partial charge in [-0.15, -0.1) is 0 Å². The van der Waals surface area contributed by atoms with E-state index in [-0.39, 0.29) is 18.4 Å². The molecule has 3 heterocycles. The first-order valence-electron chi connectivity index (χ1n) is 8.33. The van der Waals surface area contributed by atoms with Crippen LogP contribution in [0.4, 0.5) is 0 Å². The highest BCUT2D eigenvalue weighted by molar-refractivity contribution is 7.08. The summed E-state index contributed by atoms with van der Waals surface area (Å²) in [4.78, 5) is 20.5. The predicted octanol–water partition coefficient (Wildman–Crippen LogP) is 3.23. The molecular weight excluding hydrogens is 352 g/mol. The van der Waals surface area contributed by atoms with Gasteiger partial charge in [-0.25, -0.2) is 4.98 Å². The third-order valence-corrected chi connectivity index (χ3v) is 4.14. The van der Waals surface area contributed by atoms with Gasteiger partial charge in [0.1, 0.15) is 0 Å². The highest BCUT2D eigenvalue weighted by Crippen LogP contribution is 2.19. The number of hydrogen-bond donors (Lipinski definition) is 1. The normalized spacial score (nSPS) is 10.9. The summed E-state index contributed by atoms with van der Waals surface area (Å²) in [7, 11) is 0. The first-order chi connectivity index (χ1) is 12.6. The molecule has 0 spiro atoms. The van der Waals surface area contributed by atoms with Crippen molar-refractivity contribution in [3.8, 4) is 17.3 Å². The van der Waals surface area contributed by atoms with E-state index in [9.17, 15) is 4.79 Å². The number of hydrogen-bond acceptors (Lipinski definition) is 7. The lowest BCUT2D eigenvalue weighted by Gasteiger charge is -2.09. The molecule has 1 amide bonds. The van der Waals surface area contributed by atoms with Crippen molar-refractivity contribution in [3.05, 3.63) is 46.6 Å². The molecule has 0 bridgehead atoms. The molecule has 8 heteroatoms. The molecule has 7 nitrogen and oxygen atoms in total. The number of pyridine rings is 1. The minimum atomic E-state index is -0.0807. The zero-order chi connectivity index (χ0) is 18.4. The number of ether oxygens (including phenoxy) is 1. The van der Waals surface area contributed by atoms with Crippen molar-refractivity contribution >= 4 is 17.2 Å². The molecule has 0 aromatic carbocycles. The van der Waals surface area contributed by atoms with Gasteiger partial charge in [0.05, 0.1) is 6.10 Å². The van der Waals surface area contributed by atoms with Crippen LogP contribution < -0.4 is 10.1 Å². The maximum atomic E-state index is 12.0. The molecule has 0 fully saturated rings. The van der Waals surface area contributed by atoms with Crippen molar-refractivity contribution in [1.29, 1.82) is 0 Å². The van der Waals surface area contributed by atoms with Crippen molar-refractivity contribution in [2.75, 3.05) is 0 Å². The Hall–Kier alpha value is -2.74. The highest BCUT2D eigenvalue weighted by atomic mass is 32.1. The summed E-state index contributed by atoms with van der Waals surface area (Å²) in [5.41, 5.74) is 1.83. The van der Waals surface area contributed by atoms with E-state index in [1.807, 2.05) is 36.7 Å². The Morgan fingerprint density at radius 3 is 2.92 bits per heavy atom. The summed E-state index contributed by atoms with van der Waals surface area (Å²) < 4.78 is 10.7. The second-order valence-corrected chi connectivity index (χ2v) is 6.75. The van der Waals surface area contributed by atoms with E-state index in [4.69, 9.17) is 9.26 Å². The fourth-order valence-electron chi connectivity index (χ4n) is 2.20. The Bertz CT molecular complexity index is 829. The summed E-state index contributed by atoms with van der Waals surface area (Å²) in [5.74, 6) is 1.50. The van der Waals surface area contributed by atoms with E-state index in [1.54, 1.807) is 23.6 Å². The van der Waals surface area contributed by atoms with Crippen molar-refractivity contribution in [2.24, 2.45) is 0 Å². The van der Waals surface area contributed by atoms with Crippen molar-refractivity contribution in [1.82, 2.24) is 20.4 Å². The van der Waals surface area contributed by atoms with Crippen LogP contribution in [0.2, 0.25) is 0 Å². The molecule has 0 atom stereocenters. The van der Waals surface area contributed by atoms with Crippen LogP contribution >= 0.6 is 11.3 Å². The number of rotatable bonds is 8. The average Bonchev–Trinajstić information content (AvgIpc) is 3.30. The second kappa shape index (κ2) is 8.57. The van der Waals surface area contributed by atoms with Gasteiger partial charge in [-0.3, -0.25) is 4.79 Å². The van der Waals surface area contributed by atoms with Crippen LogP contribution in [0.3, 0.4) is 0 Å². The molecule has 26 heavy (non-hydrogen) atoms. The van der Waals surface area contributed by atoms with E-state index in [0.717, 1.165) is 11.1 Å². The lowest BCUT2D eigenvalue weighted by atomic mass is 10.2. The molecule has 1 N–H and O–H groups in total. The van der Waals surface area contributed by atoms with Crippen molar-refractivity contribution in [3.63, 3.8) is 0 Å². The summed E-state index contributed by atoms with van der Waals surface area (Å²) in [6.45, 7) is 4.31. The molecule has 0 radical (unpaired) electrons. The van der Waals surface area contributed by atoms with Crippen LogP contribution in [0.5, 0.6) is 5.88 Å². The third-order valence-electron chi connectivity index (χ3n) is 3.46. The summed E-state index contributed by atoms with van der Waals surface area (Å²) >= 11 is 1.57. The number of aromatic nitrogens is 3. The predicted molar refractivity (Wildman–Crippen MR) is 97.8 cm³/mol. The van der Waals surface area contributed by atoms with Crippen molar-refractivity contribution in [2.45, 2.75) is 39.3 Å². The minimum absolute atomic E-state index is 0.0807. The fraction of sp³-hybridized carbons (Fsp3) is 0.333. The van der Waals surface area contributed by atoms with Gasteiger partial charge >= 0.3 is 0 Å². The zero-order valence-electron chi connectivity index (χ0n) is 14.6. The summed E-state index contributed by atoms with van der Waals surface area (Å²) in [5, 5.41) is 10.7. The molecule has 0 aliphatic heterocycles. The van der Waals surface area contributed by atoms with Gasteiger partial charge in [0.15, 0.2) is 0 Å². The standard InChI is InChI=1S/C18H20N4O3S/c1-12(2)24-16-5-3-13(10-20-16)9-19-15(23)4-6-17-21-18(22-25-17)14-7-8-26-11-14/h3,5,7-8,10-12H,4,6,9H2,1-2H3,(H,19,23). The number of carbonyl (C=O) groups excluding carboxylic acids is 1. The monoisotopic (exact) mass is 372 g/mol. The second-order valence-electron chi connectivity index (χ2n) is 5.97. The first kappa shape index (κ1) is 18.1. The summed E-state index contributed by atoms with van der Waals surface area (Å²) in [6.07, 6.45) is 2.47. The lowest BCUT2D eigenvalue weighted by molar-refractivity contribution is -0.121. The van der Waals surface area contributed by atoms with E-state index in [0.29, 0.717) is 30.6 Å². The molecule has 0 aliphatic carbocycles. The maximum absolute atomic E-state index is 12.0.